The molecule has 1 aliphatic heterocycles. The minimum atomic E-state index is -4.81. The summed E-state index contributed by atoms with van der Waals surface area (Å²) in [5, 5.41) is 14.1. The number of hydrogen-bond donors (Lipinski definition) is 1. The van der Waals surface area contributed by atoms with E-state index in [9.17, 15) is 28.1 Å². The number of alkyl halides is 3. The quantitative estimate of drug-likeness (QED) is 0.331. The summed E-state index contributed by atoms with van der Waals surface area (Å²) in [5.41, 5.74) is -2.05. The van der Waals surface area contributed by atoms with Crippen LogP contribution in [0.3, 0.4) is 0 Å². The third-order valence-electron chi connectivity index (χ3n) is 7.20. The second-order valence-electron chi connectivity index (χ2n) is 11.7. The fraction of sp³-hybridized carbons (Fsp3) is 0.571. The molecule has 1 aromatic carbocycles. The third-order valence-corrected chi connectivity index (χ3v) is 7.20. The van der Waals surface area contributed by atoms with Gasteiger partial charge < -0.3 is 19.9 Å². The second kappa shape index (κ2) is 11.9. The van der Waals surface area contributed by atoms with Crippen molar-refractivity contribution in [2.75, 3.05) is 36.4 Å². The molecule has 4 rings (SSSR count). The topological polar surface area (TPSA) is 101 Å². The average molecular weight is 564 g/mol. The van der Waals surface area contributed by atoms with Gasteiger partial charge in [0.15, 0.2) is 0 Å². The molecule has 1 amide bonds. The summed E-state index contributed by atoms with van der Waals surface area (Å²) in [5.74, 6) is 1.68. The Balaban J connectivity index is 1.28. The van der Waals surface area contributed by atoms with Crippen LogP contribution in [-0.4, -0.2) is 59.0 Å². The van der Waals surface area contributed by atoms with Crippen molar-refractivity contribution in [3.8, 4) is 5.75 Å². The van der Waals surface area contributed by atoms with Crippen molar-refractivity contribution in [1.29, 1.82) is 0 Å². The van der Waals surface area contributed by atoms with Crippen LogP contribution in [0.5, 0.6) is 5.75 Å². The summed E-state index contributed by atoms with van der Waals surface area (Å²) in [4.78, 5) is 31.1. The van der Waals surface area contributed by atoms with Gasteiger partial charge >= 0.3 is 6.18 Å². The van der Waals surface area contributed by atoms with Crippen LogP contribution in [0.2, 0.25) is 0 Å². The summed E-state index contributed by atoms with van der Waals surface area (Å²) in [6, 6.07) is 6.67. The van der Waals surface area contributed by atoms with E-state index in [0.29, 0.717) is 64.0 Å². The van der Waals surface area contributed by atoms with Gasteiger partial charge in [0, 0.05) is 62.7 Å². The Labute approximate surface area is 231 Å². The molecular formula is C28H36F3N5O4. The smallest absolute Gasteiger partial charge is 0.423 e. The third kappa shape index (κ3) is 7.76. The molecular weight excluding hydrogens is 527 g/mol. The highest BCUT2D eigenvalue weighted by molar-refractivity contribution is 5.77. The van der Waals surface area contributed by atoms with E-state index in [1.807, 2.05) is 17.0 Å². The molecule has 9 nitrogen and oxygen atoms in total. The van der Waals surface area contributed by atoms with Gasteiger partial charge in [0.05, 0.1) is 11.0 Å². The number of nitro benzene ring substituents is 1. The Hall–Kier alpha value is -3.57. The molecule has 0 unspecified atom stereocenters. The minimum absolute atomic E-state index is 0.0391. The highest BCUT2D eigenvalue weighted by Gasteiger charge is 2.38. The van der Waals surface area contributed by atoms with Gasteiger partial charge in [-0.2, -0.15) is 13.2 Å². The molecule has 0 bridgehead atoms. The first kappa shape index (κ1) is 29.4. The highest BCUT2D eigenvalue weighted by Crippen LogP contribution is 2.38. The lowest BCUT2D eigenvalue weighted by Crippen LogP contribution is -2.49. The molecule has 2 heterocycles. The zero-order chi connectivity index (χ0) is 29.1. The maximum atomic E-state index is 13.3. The molecule has 0 spiro atoms. The number of ether oxygens (including phenoxy) is 1. The van der Waals surface area contributed by atoms with Crippen molar-refractivity contribution in [2.45, 2.75) is 71.2 Å². The van der Waals surface area contributed by atoms with Crippen molar-refractivity contribution >= 4 is 23.1 Å². The van der Waals surface area contributed by atoms with E-state index in [1.165, 1.54) is 6.07 Å². The fourth-order valence-electron chi connectivity index (χ4n) is 5.16. The van der Waals surface area contributed by atoms with E-state index in [1.54, 1.807) is 6.20 Å². The minimum Gasteiger partial charge on any atom is -0.490 e. The Morgan fingerprint density at radius 3 is 2.35 bits per heavy atom. The fourth-order valence-corrected chi connectivity index (χ4v) is 5.16. The molecule has 0 radical (unpaired) electrons. The number of carbonyl (C=O) groups excluding carboxylic acids is 1. The van der Waals surface area contributed by atoms with E-state index in [4.69, 9.17) is 4.74 Å². The summed E-state index contributed by atoms with van der Waals surface area (Å²) >= 11 is 0. The number of benzene rings is 1. The van der Waals surface area contributed by atoms with Gasteiger partial charge in [-0.05, 0) is 49.3 Å². The van der Waals surface area contributed by atoms with Gasteiger partial charge in [-0.3, -0.25) is 14.9 Å². The number of aromatic nitrogens is 1. The largest absolute Gasteiger partial charge is 0.490 e. The average Bonchev–Trinajstić information content (AvgIpc) is 2.88. The normalized spacial score (nSPS) is 20.2. The first-order chi connectivity index (χ1) is 18.8. The van der Waals surface area contributed by atoms with Gasteiger partial charge in [0.1, 0.15) is 17.1 Å². The Morgan fingerprint density at radius 2 is 1.75 bits per heavy atom. The number of nitrogens with zero attached hydrogens (tertiary/aromatic N) is 4. The molecule has 40 heavy (non-hydrogen) atoms. The van der Waals surface area contributed by atoms with E-state index in [0.717, 1.165) is 18.0 Å². The van der Waals surface area contributed by atoms with Crippen molar-refractivity contribution in [2.24, 2.45) is 5.41 Å². The van der Waals surface area contributed by atoms with Gasteiger partial charge in [0.2, 0.25) is 5.91 Å². The molecule has 2 aliphatic rings. The molecule has 0 atom stereocenters. The zero-order valence-electron chi connectivity index (χ0n) is 23.0. The van der Waals surface area contributed by atoms with E-state index >= 15 is 0 Å². The lowest BCUT2D eigenvalue weighted by Gasteiger charge is -2.36. The molecule has 1 N–H and O–H groups in total. The van der Waals surface area contributed by atoms with Crippen LogP contribution in [0.15, 0.2) is 36.5 Å². The lowest BCUT2D eigenvalue weighted by molar-refractivity contribution is -0.388. The summed E-state index contributed by atoms with van der Waals surface area (Å²) in [6.45, 7) is 8.88. The van der Waals surface area contributed by atoms with Crippen LogP contribution < -0.4 is 15.0 Å². The van der Waals surface area contributed by atoms with E-state index < -0.39 is 22.4 Å². The van der Waals surface area contributed by atoms with Gasteiger partial charge in [0.25, 0.3) is 5.69 Å². The van der Waals surface area contributed by atoms with E-state index in [-0.39, 0.29) is 29.2 Å². The maximum Gasteiger partial charge on any atom is 0.423 e. The van der Waals surface area contributed by atoms with Crippen LogP contribution in [0.4, 0.5) is 30.4 Å². The monoisotopic (exact) mass is 563 g/mol. The Kier molecular flexibility index (Phi) is 8.74. The zero-order valence-corrected chi connectivity index (χ0v) is 23.0. The standard InChI is InChI=1S/C28H36F3N5O4/c1-27(2,3)18-26(37)35-14-12-34(13-15-35)25-17-22(10-11-32-25)40-21-7-4-19(5-8-21)33-20-6-9-24(36(38)39)23(16-20)28(29,30)31/h6,9-11,16-17,19,21,33H,4-5,7-8,12-15,18H2,1-3H3/t19-,21-. The number of carbonyl (C=O) groups is 1. The van der Waals surface area contributed by atoms with Gasteiger partial charge in [-0.1, -0.05) is 20.8 Å². The summed E-state index contributed by atoms with van der Waals surface area (Å²) in [7, 11) is 0. The van der Waals surface area contributed by atoms with Crippen LogP contribution in [0.25, 0.3) is 0 Å². The number of hydrogen-bond acceptors (Lipinski definition) is 7. The van der Waals surface area contributed by atoms with Crippen LogP contribution in [0.1, 0.15) is 58.4 Å². The lowest BCUT2D eigenvalue weighted by atomic mass is 9.91. The van der Waals surface area contributed by atoms with Crippen molar-refractivity contribution in [3.05, 3.63) is 52.2 Å². The van der Waals surface area contributed by atoms with Gasteiger partial charge in [-0.25, -0.2) is 4.98 Å². The van der Waals surface area contributed by atoms with Crippen LogP contribution in [-0.2, 0) is 11.0 Å². The number of halogens is 3. The number of piperazine rings is 1. The van der Waals surface area contributed by atoms with Crippen molar-refractivity contribution in [1.82, 2.24) is 9.88 Å². The van der Waals surface area contributed by atoms with Crippen LogP contribution in [0, 0.1) is 15.5 Å². The number of nitro groups is 1. The molecule has 1 saturated carbocycles. The number of amides is 1. The van der Waals surface area contributed by atoms with Crippen molar-refractivity contribution < 1.29 is 27.6 Å². The Morgan fingerprint density at radius 1 is 1.07 bits per heavy atom. The molecule has 2 aromatic rings. The molecule has 218 valence electrons. The van der Waals surface area contributed by atoms with Crippen LogP contribution >= 0.6 is 0 Å². The van der Waals surface area contributed by atoms with E-state index in [2.05, 4.69) is 36.0 Å². The predicted molar refractivity (Wildman–Crippen MR) is 145 cm³/mol. The number of pyridine rings is 1. The number of nitrogens with one attached hydrogen (secondary N) is 1. The molecule has 1 aliphatic carbocycles. The SMILES string of the molecule is CC(C)(C)CC(=O)N1CCN(c2cc(O[C@H]3CC[C@H](Nc4ccc([N+](=O)[O-])c(C(F)(F)F)c4)CC3)ccn2)CC1. The first-order valence-corrected chi connectivity index (χ1v) is 13.6. The number of anilines is 2. The first-order valence-electron chi connectivity index (χ1n) is 13.6. The molecule has 2 fully saturated rings. The molecule has 1 aromatic heterocycles. The Bertz CT molecular complexity index is 1200. The van der Waals surface area contributed by atoms with Gasteiger partial charge in [-0.15, -0.1) is 0 Å². The highest BCUT2D eigenvalue weighted by atomic mass is 19.4. The predicted octanol–water partition coefficient (Wildman–Crippen LogP) is 5.90. The molecule has 12 heteroatoms. The summed E-state index contributed by atoms with van der Waals surface area (Å²) in [6.07, 6.45) is 0.175. The number of rotatable bonds is 7. The van der Waals surface area contributed by atoms with Crippen molar-refractivity contribution in [3.63, 3.8) is 0 Å². The second-order valence-corrected chi connectivity index (χ2v) is 11.7. The maximum absolute atomic E-state index is 13.3. The molecule has 1 saturated heterocycles. The summed E-state index contributed by atoms with van der Waals surface area (Å²) < 4.78 is 46.1.